The van der Waals surface area contributed by atoms with Gasteiger partial charge in [0.2, 0.25) is 0 Å². The molecule has 1 aliphatic heterocycles. The van der Waals surface area contributed by atoms with Crippen LogP contribution >= 0.6 is 12.2 Å². The molecule has 28 heavy (non-hydrogen) atoms. The third-order valence-electron chi connectivity index (χ3n) is 5.10. The van der Waals surface area contributed by atoms with Gasteiger partial charge in [-0.1, -0.05) is 18.2 Å². The molecule has 3 heterocycles. The summed E-state index contributed by atoms with van der Waals surface area (Å²) in [4.78, 5) is 6.81. The number of rotatable bonds is 6. The van der Waals surface area contributed by atoms with E-state index in [9.17, 15) is 0 Å². The number of aryl methyl sites for hydroxylation is 1. The third kappa shape index (κ3) is 3.53. The number of pyridine rings is 1. The van der Waals surface area contributed by atoms with E-state index in [4.69, 9.17) is 17.0 Å². The molecule has 5 nitrogen and oxygen atoms in total. The number of hydrogen-bond donors (Lipinski definition) is 1. The minimum Gasteiger partial charge on any atom is -0.383 e. The van der Waals surface area contributed by atoms with Gasteiger partial charge in [-0.15, -0.1) is 0 Å². The molecule has 6 heteroatoms. The van der Waals surface area contributed by atoms with E-state index >= 15 is 0 Å². The van der Waals surface area contributed by atoms with Crippen molar-refractivity contribution in [3.63, 3.8) is 0 Å². The van der Waals surface area contributed by atoms with Gasteiger partial charge in [0.1, 0.15) is 0 Å². The first-order chi connectivity index (χ1) is 13.7. The average Bonchev–Trinajstić information content (AvgIpc) is 3.31. The van der Waals surface area contributed by atoms with Gasteiger partial charge in [0.15, 0.2) is 5.11 Å². The highest BCUT2D eigenvalue weighted by molar-refractivity contribution is 7.80. The minimum atomic E-state index is -0.0241. The van der Waals surface area contributed by atoms with Gasteiger partial charge in [-0.25, -0.2) is 0 Å². The zero-order chi connectivity index (χ0) is 19.5. The van der Waals surface area contributed by atoms with E-state index in [2.05, 4.69) is 69.3 Å². The molecule has 1 aromatic carbocycles. The normalized spacial score (nSPS) is 19.1. The molecule has 0 saturated carbocycles. The topological polar surface area (TPSA) is 42.3 Å². The first kappa shape index (κ1) is 18.7. The van der Waals surface area contributed by atoms with Gasteiger partial charge in [-0.05, 0) is 61.1 Å². The summed E-state index contributed by atoms with van der Waals surface area (Å²) >= 11 is 5.68. The van der Waals surface area contributed by atoms with Crippen LogP contribution in [-0.2, 0) is 4.74 Å². The predicted octanol–water partition coefficient (Wildman–Crippen LogP) is 3.80. The lowest BCUT2D eigenvalue weighted by molar-refractivity contribution is 0.163. The molecule has 0 radical (unpaired) electrons. The van der Waals surface area contributed by atoms with E-state index in [1.54, 1.807) is 7.11 Å². The highest BCUT2D eigenvalue weighted by Crippen LogP contribution is 2.39. The Balaban J connectivity index is 1.79. The number of nitrogens with one attached hydrogen (secondary N) is 1. The Bertz CT molecular complexity index is 956. The molecular weight excluding hydrogens is 368 g/mol. The molecule has 1 fully saturated rings. The lowest BCUT2D eigenvalue weighted by atomic mass is 10.0. The highest BCUT2D eigenvalue weighted by Gasteiger charge is 2.40. The van der Waals surface area contributed by atoms with Crippen LogP contribution in [0.25, 0.3) is 5.69 Å². The number of hydrogen-bond acceptors (Lipinski definition) is 3. The zero-order valence-corrected chi connectivity index (χ0v) is 16.9. The summed E-state index contributed by atoms with van der Waals surface area (Å²) in [5.74, 6) is 0. The van der Waals surface area contributed by atoms with Crippen LogP contribution in [0.15, 0.2) is 67.0 Å². The summed E-state index contributed by atoms with van der Waals surface area (Å²) in [7, 11) is 1.72. The number of nitrogens with zero attached hydrogens (tertiary/aromatic N) is 3. The van der Waals surface area contributed by atoms with Crippen molar-refractivity contribution in [3.05, 3.63) is 83.9 Å². The fourth-order valence-corrected chi connectivity index (χ4v) is 4.14. The Hall–Kier alpha value is -2.70. The maximum absolute atomic E-state index is 5.68. The first-order valence-electron chi connectivity index (χ1n) is 9.40. The van der Waals surface area contributed by atoms with Crippen LogP contribution in [0.2, 0.25) is 0 Å². The molecule has 0 amide bonds. The Labute approximate surface area is 171 Å². The molecule has 1 saturated heterocycles. The monoisotopic (exact) mass is 392 g/mol. The number of aromatic nitrogens is 2. The molecule has 0 unspecified atom stereocenters. The first-order valence-corrected chi connectivity index (χ1v) is 9.81. The summed E-state index contributed by atoms with van der Waals surface area (Å²) in [6, 6.07) is 18.8. The van der Waals surface area contributed by atoms with Gasteiger partial charge in [-0.2, -0.15) is 0 Å². The molecule has 1 N–H and O–H groups in total. The van der Waals surface area contributed by atoms with E-state index < -0.39 is 0 Å². The van der Waals surface area contributed by atoms with Crippen molar-refractivity contribution in [3.8, 4) is 5.69 Å². The molecule has 4 rings (SSSR count). The van der Waals surface area contributed by atoms with E-state index in [1.807, 2.05) is 24.4 Å². The van der Waals surface area contributed by atoms with E-state index in [0.29, 0.717) is 6.61 Å². The largest absolute Gasteiger partial charge is 0.383 e. The summed E-state index contributed by atoms with van der Waals surface area (Å²) in [5.41, 5.74) is 4.52. The van der Waals surface area contributed by atoms with Crippen LogP contribution in [0.3, 0.4) is 0 Å². The summed E-state index contributed by atoms with van der Waals surface area (Å²) in [5, 5.41) is 4.21. The van der Waals surface area contributed by atoms with Crippen LogP contribution in [0.1, 0.15) is 29.0 Å². The van der Waals surface area contributed by atoms with Crippen molar-refractivity contribution in [1.29, 1.82) is 0 Å². The maximum atomic E-state index is 5.68. The second kappa shape index (κ2) is 8.12. The van der Waals surface area contributed by atoms with Gasteiger partial charge < -0.3 is 19.5 Å². The van der Waals surface area contributed by atoms with Gasteiger partial charge in [-0.3, -0.25) is 4.98 Å². The Morgan fingerprint density at radius 2 is 2.04 bits per heavy atom. The molecule has 0 aliphatic carbocycles. The standard InChI is InChI=1S/C22H24N4OS/c1-16-7-5-8-17(15-16)25-12-6-10-19(25)21-20(18-9-3-4-11-23-18)24-22(28)26(21)13-14-27-2/h3-12,15,20-21H,13-14H2,1-2H3,(H,24,28)/t20-,21+/m0/s1. The van der Waals surface area contributed by atoms with Crippen LogP contribution in [0.4, 0.5) is 0 Å². The smallest absolute Gasteiger partial charge is 0.170 e. The molecule has 0 spiro atoms. The maximum Gasteiger partial charge on any atom is 0.170 e. The highest BCUT2D eigenvalue weighted by atomic mass is 32.1. The number of ether oxygens (including phenoxy) is 1. The van der Waals surface area contributed by atoms with E-state index in [0.717, 1.165) is 23.0 Å². The Kier molecular flexibility index (Phi) is 5.41. The van der Waals surface area contributed by atoms with Crippen LogP contribution < -0.4 is 5.32 Å². The van der Waals surface area contributed by atoms with Gasteiger partial charge in [0, 0.05) is 37.4 Å². The molecule has 144 valence electrons. The minimum absolute atomic E-state index is 0.0214. The number of methoxy groups -OCH3 is 1. The lowest BCUT2D eigenvalue weighted by Crippen LogP contribution is -2.33. The van der Waals surface area contributed by atoms with Crippen molar-refractivity contribution in [1.82, 2.24) is 19.8 Å². The molecule has 1 aliphatic rings. The Morgan fingerprint density at radius 3 is 2.79 bits per heavy atom. The van der Waals surface area contributed by atoms with Crippen molar-refractivity contribution >= 4 is 17.3 Å². The van der Waals surface area contributed by atoms with Crippen molar-refractivity contribution in [2.75, 3.05) is 20.3 Å². The molecule has 2 aromatic heterocycles. The van der Waals surface area contributed by atoms with Crippen LogP contribution in [-0.4, -0.2) is 39.8 Å². The van der Waals surface area contributed by atoms with E-state index in [1.165, 1.54) is 11.3 Å². The predicted molar refractivity (Wildman–Crippen MR) is 115 cm³/mol. The summed E-state index contributed by atoms with van der Waals surface area (Å²) in [6.07, 6.45) is 3.93. The zero-order valence-electron chi connectivity index (χ0n) is 16.1. The second-order valence-corrected chi connectivity index (χ2v) is 7.34. The third-order valence-corrected chi connectivity index (χ3v) is 5.45. The molecule has 3 aromatic rings. The SMILES string of the molecule is COCCN1C(=S)N[C@@H](c2ccccn2)[C@H]1c1cccn1-c1cccc(C)c1. The van der Waals surface area contributed by atoms with Gasteiger partial charge in [0.25, 0.3) is 0 Å². The Morgan fingerprint density at radius 1 is 1.14 bits per heavy atom. The van der Waals surface area contributed by atoms with Crippen LogP contribution in [0, 0.1) is 6.92 Å². The van der Waals surface area contributed by atoms with Gasteiger partial charge >= 0.3 is 0 Å². The van der Waals surface area contributed by atoms with Crippen LogP contribution in [0.5, 0.6) is 0 Å². The molecule has 2 atom stereocenters. The number of thiocarbonyl (C=S) groups is 1. The molecular formula is C22H24N4OS. The average molecular weight is 393 g/mol. The molecule has 0 bridgehead atoms. The summed E-state index contributed by atoms with van der Waals surface area (Å²) < 4.78 is 7.58. The van der Waals surface area contributed by atoms with Crippen molar-refractivity contribution in [2.24, 2.45) is 0 Å². The fourth-order valence-electron chi connectivity index (χ4n) is 3.81. The quantitative estimate of drug-likeness (QED) is 0.647. The lowest BCUT2D eigenvalue weighted by Gasteiger charge is -2.28. The summed E-state index contributed by atoms with van der Waals surface area (Å²) in [6.45, 7) is 3.44. The van der Waals surface area contributed by atoms with E-state index in [-0.39, 0.29) is 12.1 Å². The fraction of sp³-hybridized carbons (Fsp3) is 0.273. The second-order valence-electron chi connectivity index (χ2n) is 6.95. The van der Waals surface area contributed by atoms with Crippen molar-refractivity contribution in [2.45, 2.75) is 19.0 Å². The van der Waals surface area contributed by atoms with Gasteiger partial charge in [0.05, 0.1) is 24.4 Å². The van der Waals surface area contributed by atoms with Crippen molar-refractivity contribution < 1.29 is 4.74 Å². The number of benzene rings is 1.